The molecule has 156 valence electrons. The first-order valence-electron chi connectivity index (χ1n) is 12.8. The van der Waals surface area contributed by atoms with Gasteiger partial charge in [-0.25, -0.2) is 0 Å². The summed E-state index contributed by atoms with van der Waals surface area (Å²) in [7, 11) is -1.37. The van der Waals surface area contributed by atoms with Crippen molar-refractivity contribution in [2.24, 2.45) is 11.8 Å². The van der Waals surface area contributed by atoms with Gasteiger partial charge in [0.25, 0.3) is 0 Å². The molecule has 0 aromatic rings. The highest BCUT2D eigenvalue weighted by molar-refractivity contribution is 6.89. The monoisotopic (exact) mass is 388 g/mol. The van der Waals surface area contributed by atoms with Crippen molar-refractivity contribution >= 4 is 21.5 Å². The molecule has 0 amide bonds. The van der Waals surface area contributed by atoms with E-state index >= 15 is 0 Å². The van der Waals surface area contributed by atoms with Gasteiger partial charge in [0.1, 0.15) is 13.4 Å². The van der Waals surface area contributed by atoms with Crippen molar-refractivity contribution in [2.45, 2.75) is 141 Å². The summed E-state index contributed by atoms with van der Waals surface area (Å²) >= 11 is 0. The summed E-state index contributed by atoms with van der Waals surface area (Å²) < 4.78 is 0. The standard InChI is InChI=1S/C24H50B2Si/c1-11-21-17(7)27(19(9)23(21)25(13-3)14-4)18(8)22(12-2)24(20(27)10)26(15-5)16-6/h17-24H,11-16H2,1-10H3. The van der Waals surface area contributed by atoms with E-state index in [1.165, 1.54) is 38.1 Å². The summed E-state index contributed by atoms with van der Waals surface area (Å²) in [6.07, 6.45) is 8.44. The van der Waals surface area contributed by atoms with Crippen molar-refractivity contribution in [1.29, 1.82) is 0 Å². The summed E-state index contributed by atoms with van der Waals surface area (Å²) in [6, 6.07) is 0. The summed E-state index contributed by atoms with van der Waals surface area (Å²) in [5.41, 5.74) is 4.12. The molecule has 0 bridgehead atoms. The average Bonchev–Trinajstić information content (AvgIpc) is 3.03. The molecule has 2 aliphatic rings. The molecular weight excluding hydrogens is 338 g/mol. The Labute approximate surface area is 174 Å². The van der Waals surface area contributed by atoms with Crippen LogP contribution in [0, 0.1) is 11.8 Å². The zero-order valence-electron chi connectivity index (χ0n) is 20.5. The first-order valence-corrected chi connectivity index (χ1v) is 15.1. The Morgan fingerprint density at radius 1 is 0.519 bits per heavy atom. The van der Waals surface area contributed by atoms with E-state index in [4.69, 9.17) is 0 Å². The largest absolute Gasteiger partial charge is 0.142 e. The van der Waals surface area contributed by atoms with Gasteiger partial charge in [0.2, 0.25) is 0 Å². The second-order valence-electron chi connectivity index (χ2n) is 10.6. The van der Waals surface area contributed by atoms with E-state index in [0.29, 0.717) is 0 Å². The molecule has 3 heteroatoms. The van der Waals surface area contributed by atoms with Crippen LogP contribution in [-0.4, -0.2) is 21.5 Å². The lowest BCUT2D eigenvalue weighted by atomic mass is 9.34. The van der Waals surface area contributed by atoms with E-state index in [2.05, 4.69) is 69.2 Å². The molecule has 0 aromatic heterocycles. The first-order chi connectivity index (χ1) is 12.8. The van der Waals surface area contributed by atoms with Crippen LogP contribution in [-0.2, 0) is 0 Å². The highest BCUT2D eigenvalue weighted by atomic mass is 28.3. The minimum Gasteiger partial charge on any atom is -0.0768 e. The van der Waals surface area contributed by atoms with E-state index in [0.717, 1.165) is 59.1 Å². The molecule has 1 spiro atoms. The molecule has 0 radical (unpaired) electrons. The summed E-state index contributed by atoms with van der Waals surface area (Å²) in [5.74, 6) is 4.02. The van der Waals surface area contributed by atoms with Crippen LogP contribution >= 0.6 is 0 Å². The molecule has 2 saturated heterocycles. The predicted molar refractivity (Wildman–Crippen MR) is 132 cm³/mol. The third-order valence-corrected chi connectivity index (χ3v) is 18.6. The maximum atomic E-state index is 2.76. The number of hydrogen-bond donors (Lipinski definition) is 0. The van der Waals surface area contributed by atoms with Gasteiger partial charge in [-0.05, 0) is 22.9 Å². The van der Waals surface area contributed by atoms with Crippen LogP contribution in [0.1, 0.15) is 82.1 Å². The topological polar surface area (TPSA) is 0 Å². The maximum absolute atomic E-state index is 2.76. The van der Waals surface area contributed by atoms with Gasteiger partial charge in [-0.3, -0.25) is 0 Å². The van der Waals surface area contributed by atoms with Gasteiger partial charge >= 0.3 is 0 Å². The molecule has 0 aliphatic carbocycles. The molecule has 2 heterocycles. The summed E-state index contributed by atoms with van der Waals surface area (Å²) in [4.78, 5) is 0. The second-order valence-corrected chi connectivity index (χ2v) is 16.2. The zero-order chi connectivity index (χ0) is 20.5. The van der Waals surface area contributed by atoms with Crippen molar-refractivity contribution in [3.8, 4) is 0 Å². The molecule has 0 nitrogen and oxygen atoms in total. The highest BCUT2D eigenvalue weighted by Crippen LogP contribution is 2.75. The minimum atomic E-state index is -1.37. The Morgan fingerprint density at radius 2 is 0.815 bits per heavy atom. The fraction of sp³-hybridized carbons (Fsp3) is 1.00. The molecule has 2 fully saturated rings. The lowest BCUT2D eigenvalue weighted by Crippen LogP contribution is -2.45. The molecule has 0 aromatic carbocycles. The van der Waals surface area contributed by atoms with Gasteiger partial charge in [0.05, 0.1) is 8.07 Å². The van der Waals surface area contributed by atoms with Crippen LogP contribution in [0.5, 0.6) is 0 Å². The Hall–Kier alpha value is 0.347. The van der Waals surface area contributed by atoms with Crippen molar-refractivity contribution in [3.63, 3.8) is 0 Å². The number of hydrogen-bond acceptors (Lipinski definition) is 0. The second kappa shape index (κ2) is 9.44. The van der Waals surface area contributed by atoms with E-state index in [1.54, 1.807) is 0 Å². The molecule has 0 N–H and O–H groups in total. The van der Waals surface area contributed by atoms with Gasteiger partial charge in [-0.15, -0.1) is 0 Å². The Bertz CT molecular complexity index is 417. The van der Waals surface area contributed by atoms with Crippen molar-refractivity contribution < 1.29 is 0 Å². The smallest absolute Gasteiger partial charge is 0.0768 e. The SMILES string of the molecule is CCB(CC)C1C(CC)C(C)[Si]2(C(C)C(CC)C(B(CC)CC)C2C)C1C. The molecule has 0 saturated carbocycles. The van der Waals surface area contributed by atoms with Gasteiger partial charge in [-0.2, -0.15) is 0 Å². The van der Waals surface area contributed by atoms with Crippen molar-refractivity contribution in [3.05, 3.63) is 0 Å². The summed E-state index contributed by atoms with van der Waals surface area (Å²) in [5, 5.41) is 0. The van der Waals surface area contributed by atoms with E-state index < -0.39 is 8.07 Å². The third-order valence-electron chi connectivity index (χ3n) is 10.7. The van der Waals surface area contributed by atoms with Crippen LogP contribution in [0.3, 0.4) is 0 Å². The summed E-state index contributed by atoms with van der Waals surface area (Å²) in [6.45, 7) is 27.8. The molecule has 2 rings (SSSR count). The first kappa shape index (κ1) is 23.6. The van der Waals surface area contributed by atoms with Gasteiger partial charge in [0.15, 0.2) is 0 Å². The number of rotatable bonds is 8. The molecule has 8 unspecified atom stereocenters. The fourth-order valence-corrected chi connectivity index (χ4v) is 19.5. The molecule has 2 aliphatic heterocycles. The van der Waals surface area contributed by atoms with Gasteiger partial charge < -0.3 is 0 Å². The van der Waals surface area contributed by atoms with E-state index in [9.17, 15) is 0 Å². The average molecular weight is 388 g/mol. The molecule has 27 heavy (non-hydrogen) atoms. The minimum absolute atomic E-state index is 0.964. The van der Waals surface area contributed by atoms with Crippen LogP contribution in [0.15, 0.2) is 0 Å². The zero-order valence-corrected chi connectivity index (χ0v) is 21.5. The van der Waals surface area contributed by atoms with Gasteiger partial charge in [0, 0.05) is 0 Å². The van der Waals surface area contributed by atoms with Crippen LogP contribution in [0.4, 0.5) is 0 Å². The van der Waals surface area contributed by atoms with Crippen molar-refractivity contribution in [1.82, 2.24) is 0 Å². The third kappa shape index (κ3) is 3.34. The molecular formula is C24H50B2Si. The highest BCUT2D eigenvalue weighted by Gasteiger charge is 2.69. The fourth-order valence-electron chi connectivity index (χ4n) is 9.74. The van der Waals surface area contributed by atoms with E-state index in [-0.39, 0.29) is 0 Å². The van der Waals surface area contributed by atoms with E-state index in [1.807, 2.05) is 0 Å². The Balaban J connectivity index is 2.56. The quantitative estimate of drug-likeness (QED) is 0.364. The Kier molecular flexibility index (Phi) is 8.26. The predicted octanol–water partition coefficient (Wildman–Crippen LogP) is 8.88. The lowest BCUT2D eigenvalue weighted by Gasteiger charge is -2.43. The lowest BCUT2D eigenvalue weighted by molar-refractivity contribution is 0.472. The molecule has 8 atom stereocenters. The maximum Gasteiger partial charge on any atom is 0.142 e. The Morgan fingerprint density at radius 3 is 1.04 bits per heavy atom. The van der Waals surface area contributed by atoms with Gasteiger partial charge in [-0.1, -0.05) is 130 Å². The van der Waals surface area contributed by atoms with Crippen LogP contribution in [0.2, 0.25) is 59.1 Å². The van der Waals surface area contributed by atoms with Crippen molar-refractivity contribution in [2.75, 3.05) is 0 Å². The van der Waals surface area contributed by atoms with Crippen LogP contribution in [0.25, 0.3) is 0 Å². The van der Waals surface area contributed by atoms with Crippen LogP contribution < -0.4 is 0 Å². The normalized spacial score (nSPS) is 44.2.